The summed E-state index contributed by atoms with van der Waals surface area (Å²) in [6.07, 6.45) is 7.08. The molecule has 1 saturated carbocycles. The van der Waals surface area contributed by atoms with Crippen molar-refractivity contribution in [2.75, 3.05) is 0 Å². The number of hydrogen-bond acceptors (Lipinski definition) is 6. The molecule has 2 aromatic carbocycles. The Balaban J connectivity index is 1.33. The average Bonchev–Trinajstić information content (AvgIpc) is 3.68. The number of fused-ring (bicyclic) bond motifs is 3. The number of aromatic amines is 1. The van der Waals surface area contributed by atoms with Crippen molar-refractivity contribution in [1.82, 2.24) is 20.7 Å². The SMILES string of the molecule is O=C(CCCCCCC(=O)N1Cc2[nH]c3ccccc3c2C[C@H]1C(=O)NC(C(=O)OC1CCCC1)c1ccccc1)NO. The van der Waals surface area contributed by atoms with Crippen LogP contribution in [0.1, 0.15) is 87.1 Å². The van der Waals surface area contributed by atoms with Crippen molar-refractivity contribution in [3.8, 4) is 0 Å². The number of rotatable bonds is 12. The van der Waals surface area contributed by atoms with E-state index in [9.17, 15) is 19.2 Å². The Morgan fingerprint density at radius 2 is 1.63 bits per heavy atom. The van der Waals surface area contributed by atoms with Gasteiger partial charge in [-0.1, -0.05) is 61.4 Å². The molecule has 10 heteroatoms. The van der Waals surface area contributed by atoms with Crippen molar-refractivity contribution in [1.29, 1.82) is 0 Å². The van der Waals surface area contributed by atoms with Gasteiger partial charge in [0.05, 0.1) is 6.54 Å². The third kappa shape index (κ3) is 7.43. The topological polar surface area (TPSA) is 141 Å². The Kier molecular flexibility index (Phi) is 10.1. The van der Waals surface area contributed by atoms with Gasteiger partial charge in [0.1, 0.15) is 12.1 Å². The summed E-state index contributed by atoms with van der Waals surface area (Å²) in [7, 11) is 0. The molecule has 1 unspecified atom stereocenters. The quantitative estimate of drug-likeness (QED) is 0.105. The Morgan fingerprint density at radius 3 is 2.37 bits per heavy atom. The van der Waals surface area contributed by atoms with Gasteiger partial charge in [0.15, 0.2) is 6.04 Å². The molecule has 43 heavy (non-hydrogen) atoms. The van der Waals surface area contributed by atoms with Crippen molar-refractivity contribution in [2.45, 2.75) is 95.4 Å². The summed E-state index contributed by atoms with van der Waals surface area (Å²) < 4.78 is 5.82. The van der Waals surface area contributed by atoms with Crippen LogP contribution in [0.25, 0.3) is 10.9 Å². The van der Waals surface area contributed by atoms with E-state index >= 15 is 0 Å². The molecule has 10 nitrogen and oxygen atoms in total. The zero-order chi connectivity index (χ0) is 30.2. The van der Waals surface area contributed by atoms with Crippen molar-refractivity contribution in [3.05, 3.63) is 71.4 Å². The molecule has 3 aromatic rings. The number of ether oxygens (including phenoxy) is 1. The van der Waals surface area contributed by atoms with Crippen LogP contribution < -0.4 is 10.8 Å². The average molecular weight is 589 g/mol. The maximum atomic E-state index is 14.0. The smallest absolute Gasteiger partial charge is 0.333 e. The van der Waals surface area contributed by atoms with Gasteiger partial charge in [-0.05, 0) is 55.7 Å². The number of carbonyl (C=O) groups excluding carboxylic acids is 4. The Bertz CT molecular complexity index is 1430. The van der Waals surface area contributed by atoms with Gasteiger partial charge in [-0.3, -0.25) is 19.6 Å². The van der Waals surface area contributed by atoms with Gasteiger partial charge in [0.25, 0.3) is 0 Å². The molecule has 1 aliphatic carbocycles. The van der Waals surface area contributed by atoms with E-state index in [1.54, 1.807) is 22.5 Å². The van der Waals surface area contributed by atoms with Crippen LogP contribution in [0.4, 0.5) is 0 Å². The number of carbonyl (C=O) groups is 4. The van der Waals surface area contributed by atoms with E-state index in [0.717, 1.165) is 60.7 Å². The van der Waals surface area contributed by atoms with Crippen LogP contribution in [0.2, 0.25) is 0 Å². The van der Waals surface area contributed by atoms with E-state index in [1.165, 1.54) is 0 Å². The van der Waals surface area contributed by atoms with Gasteiger partial charge < -0.3 is 19.9 Å². The standard InChI is InChI=1S/C33H40N4O6/c38-29(36-42)18-6-1-2-7-19-30(39)37-21-27-25(24-16-10-11-17-26(24)34-27)20-28(37)32(40)35-31(22-12-4-3-5-13-22)33(41)43-23-14-8-9-15-23/h3-5,10-13,16-17,23,28,31,34,42H,1-2,6-9,14-15,18-21H2,(H,35,40)(H,36,38)/t28-,31?/m0/s1. The maximum absolute atomic E-state index is 14.0. The fourth-order valence-corrected chi connectivity index (χ4v) is 6.22. The first-order valence-corrected chi connectivity index (χ1v) is 15.3. The molecular weight excluding hydrogens is 548 g/mol. The van der Waals surface area contributed by atoms with Gasteiger partial charge in [-0.15, -0.1) is 0 Å². The highest BCUT2D eigenvalue weighted by Gasteiger charge is 2.38. The lowest BCUT2D eigenvalue weighted by atomic mass is 9.94. The molecule has 0 radical (unpaired) electrons. The second-order valence-corrected chi connectivity index (χ2v) is 11.5. The van der Waals surface area contributed by atoms with Crippen LogP contribution in [0.15, 0.2) is 54.6 Å². The number of para-hydroxylation sites is 1. The third-order valence-electron chi connectivity index (χ3n) is 8.54. The van der Waals surface area contributed by atoms with Crippen LogP contribution in [0, 0.1) is 0 Å². The number of hydrogen-bond donors (Lipinski definition) is 4. The normalized spacial score (nSPS) is 17.3. The second kappa shape index (κ2) is 14.3. The molecule has 1 aliphatic heterocycles. The lowest BCUT2D eigenvalue weighted by Gasteiger charge is -2.36. The van der Waals surface area contributed by atoms with Gasteiger partial charge in [0.2, 0.25) is 17.7 Å². The van der Waals surface area contributed by atoms with Crippen molar-refractivity contribution in [3.63, 3.8) is 0 Å². The molecule has 2 heterocycles. The van der Waals surface area contributed by atoms with Crippen LogP contribution >= 0.6 is 0 Å². The van der Waals surface area contributed by atoms with Crippen LogP contribution in [0.5, 0.6) is 0 Å². The summed E-state index contributed by atoms with van der Waals surface area (Å²) in [5, 5.41) is 12.6. The minimum atomic E-state index is -0.980. The molecule has 4 N–H and O–H groups in total. The zero-order valence-corrected chi connectivity index (χ0v) is 24.3. The first-order chi connectivity index (χ1) is 20.9. The van der Waals surface area contributed by atoms with Crippen molar-refractivity contribution in [2.24, 2.45) is 0 Å². The molecule has 228 valence electrons. The first-order valence-electron chi connectivity index (χ1n) is 15.3. The van der Waals surface area contributed by atoms with Crippen molar-refractivity contribution < 1.29 is 29.1 Å². The summed E-state index contributed by atoms with van der Waals surface area (Å²) in [5.41, 5.74) is 5.13. The van der Waals surface area contributed by atoms with Crippen molar-refractivity contribution >= 4 is 34.6 Å². The summed E-state index contributed by atoms with van der Waals surface area (Å²) in [5.74, 6) is -1.44. The van der Waals surface area contributed by atoms with E-state index < -0.39 is 29.9 Å². The predicted octanol–water partition coefficient (Wildman–Crippen LogP) is 4.61. The molecular formula is C33H40N4O6. The number of esters is 1. The largest absolute Gasteiger partial charge is 0.461 e. The fraction of sp³-hybridized carbons (Fsp3) is 0.455. The Hall–Kier alpha value is -4.18. The van der Waals surface area contributed by atoms with Crippen LogP contribution in [-0.2, 0) is 36.9 Å². The Morgan fingerprint density at radius 1 is 0.930 bits per heavy atom. The lowest BCUT2D eigenvalue weighted by molar-refractivity contribution is -0.154. The molecule has 0 spiro atoms. The molecule has 0 saturated heterocycles. The summed E-state index contributed by atoms with van der Waals surface area (Å²) >= 11 is 0. The zero-order valence-electron chi connectivity index (χ0n) is 24.3. The van der Waals surface area contributed by atoms with Crippen LogP contribution in [-0.4, -0.2) is 50.9 Å². The summed E-state index contributed by atoms with van der Waals surface area (Å²) in [6, 6.07) is 15.2. The van der Waals surface area contributed by atoms with E-state index in [1.807, 2.05) is 42.5 Å². The molecule has 3 amide bonds. The molecule has 1 fully saturated rings. The molecule has 1 aromatic heterocycles. The maximum Gasteiger partial charge on any atom is 0.333 e. The molecule has 5 rings (SSSR count). The molecule has 2 atom stereocenters. The van der Waals surface area contributed by atoms with E-state index in [4.69, 9.17) is 9.94 Å². The summed E-state index contributed by atoms with van der Waals surface area (Å²) in [4.78, 5) is 57.3. The predicted molar refractivity (Wildman–Crippen MR) is 160 cm³/mol. The van der Waals surface area contributed by atoms with Gasteiger partial charge in [-0.25, -0.2) is 10.3 Å². The second-order valence-electron chi connectivity index (χ2n) is 11.5. The number of benzene rings is 2. The van der Waals surface area contributed by atoms with E-state index in [0.29, 0.717) is 24.8 Å². The highest BCUT2D eigenvalue weighted by Crippen LogP contribution is 2.32. The third-order valence-corrected chi connectivity index (χ3v) is 8.54. The number of nitrogens with one attached hydrogen (secondary N) is 3. The van der Waals surface area contributed by atoms with E-state index in [-0.39, 0.29) is 31.4 Å². The monoisotopic (exact) mass is 588 g/mol. The Labute approximate surface area is 251 Å². The molecule has 2 aliphatic rings. The van der Waals surface area contributed by atoms with E-state index in [2.05, 4.69) is 10.3 Å². The van der Waals surface area contributed by atoms with Gasteiger partial charge in [0, 0.05) is 35.9 Å². The number of aromatic nitrogens is 1. The fourth-order valence-electron chi connectivity index (χ4n) is 6.22. The number of amides is 3. The van der Waals surface area contributed by atoms with Crippen LogP contribution in [0.3, 0.4) is 0 Å². The number of nitrogens with zero attached hydrogens (tertiary/aromatic N) is 1. The molecule has 0 bridgehead atoms. The number of hydroxylamine groups is 1. The first kappa shape index (κ1) is 30.3. The lowest BCUT2D eigenvalue weighted by Crippen LogP contribution is -2.53. The van der Waals surface area contributed by atoms with Gasteiger partial charge >= 0.3 is 5.97 Å². The minimum absolute atomic E-state index is 0.137. The number of H-pyrrole nitrogens is 1. The minimum Gasteiger partial charge on any atom is -0.461 e. The van der Waals surface area contributed by atoms with Gasteiger partial charge in [-0.2, -0.15) is 0 Å². The highest BCUT2D eigenvalue weighted by atomic mass is 16.5. The highest BCUT2D eigenvalue weighted by molar-refractivity contribution is 5.93. The number of unbranched alkanes of at least 4 members (excludes halogenated alkanes) is 3. The summed E-state index contributed by atoms with van der Waals surface area (Å²) in [6.45, 7) is 0.264.